The van der Waals surface area contributed by atoms with E-state index in [0.717, 1.165) is 5.56 Å². The molecule has 110 valence electrons. The van der Waals surface area contributed by atoms with Crippen LogP contribution in [-0.4, -0.2) is 40.3 Å². The van der Waals surface area contributed by atoms with E-state index in [-0.39, 0.29) is 17.7 Å². The number of hydrogen-bond donors (Lipinski definition) is 2. The average molecular weight is 280 g/mol. The molecule has 1 aliphatic heterocycles. The van der Waals surface area contributed by atoms with Crippen molar-refractivity contribution in [2.75, 3.05) is 34.4 Å². The summed E-state index contributed by atoms with van der Waals surface area (Å²) in [6, 6.07) is 3.74. The Balaban J connectivity index is 2.44. The summed E-state index contributed by atoms with van der Waals surface area (Å²) in [6.07, 6.45) is 0. The molecule has 2 unspecified atom stereocenters. The minimum Gasteiger partial charge on any atom is -0.493 e. The standard InChI is InChI=1S/C14H20N2O4/c1-18-11-4-8(5-12(19-2)13(11)20-3)9-6-16-7-10(9)14(15)17/h4-5,9-10,16H,6-7H2,1-3H3,(H2,15,17). The zero-order valence-corrected chi connectivity index (χ0v) is 11.9. The number of benzene rings is 1. The van der Waals surface area contributed by atoms with Gasteiger partial charge >= 0.3 is 0 Å². The third kappa shape index (κ3) is 2.51. The van der Waals surface area contributed by atoms with Gasteiger partial charge in [0.1, 0.15) is 0 Å². The second kappa shape index (κ2) is 6.00. The summed E-state index contributed by atoms with van der Waals surface area (Å²) in [7, 11) is 4.70. The maximum Gasteiger partial charge on any atom is 0.222 e. The average Bonchev–Trinajstić information content (AvgIpc) is 2.95. The van der Waals surface area contributed by atoms with Gasteiger partial charge in [0, 0.05) is 19.0 Å². The molecule has 1 heterocycles. The molecular formula is C14H20N2O4. The van der Waals surface area contributed by atoms with Crippen molar-refractivity contribution in [1.82, 2.24) is 5.32 Å². The highest BCUT2D eigenvalue weighted by Gasteiger charge is 2.33. The first-order valence-corrected chi connectivity index (χ1v) is 6.42. The van der Waals surface area contributed by atoms with Crippen molar-refractivity contribution < 1.29 is 19.0 Å². The lowest BCUT2D eigenvalue weighted by Gasteiger charge is -2.19. The fourth-order valence-corrected chi connectivity index (χ4v) is 2.64. The molecule has 0 saturated carbocycles. The topological polar surface area (TPSA) is 82.8 Å². The maximum atomic E-state index is 11.5. The van der Waals surface area contributed by atoms with E-state index in [1.54, 1.807) is 21.3 Å². The van der Waals surface area contributed by atoms with Crippen LogP contribution in [0, 0.1) is 5.92 Å². The van der Waals surface area contributed by atoms with Gasteiger partial charge in [0.2, 0.25) is 11.7 Å². The van der Waals surface area contributed by atoms with E-state index in [0.29, 0.717) is 30.3 Å². The zero-order valence-electron chi connectivity index (χ0n) is 11.9. The van der Waals surface area contributed by atoms with Crippen LogP contribution >= 0.6 is 0 Å². The summed E-state index contributed by atoms with van der Waals surface area (Å²) in [5.74, 6) is 1.20. The number of methoxy groups -OCH3 is 3. The van der Waals surface area contributed by atoms with Crippen LogP contribution in [0.1, 0.15) is 11.5 Å². The SMILES string of the molecule is COc1cc(C2CNCC2C(N)=O)cc(OC)c1OC. The van der Waals surface area contributed by atoms with Crippen LogP contribution in [0.5, 0.6) is 17.2 Å². The number of ether oxygens (including phenoxy) is 3. The normalized spacial score (nSPS) is 21.6. The van der Waals surface area contributed by atoms with Crippen molar-refractivity contribution in [3.8, 4) is 17.2 Å². The predicted octanol–water partition coefficient (Wildman–Crippen LogP) is 0.501. The Morgan fingerprint density at radius 1 is 1.15 bits per heavy atom. The van der Waals surface area contributed by atoms with Crippen molar-refractivity contribution in [3.05, 3.63) is 17.7 Å². The molecule has 1 aromatic carbocycles. The van der Waals surface area contributed by atoms with Crippen LogP contribution in [0.2, 0.25) is 0 Å². The number of amides is 1. The van der Waals surface area contributed by atoms with Gasteiger partial charge in [-0.25, -0.2) is 0 Å². The van der Waals surface area contributed by atoms with E-state index in [1.807, 2.05) is 12.1 Å². The highest BCUT2D eigenvalue weighted by atomic mass is 16.5. The third-order valence-corrected chi connectivity index (χ3v) is 3.69. The number of carbonyl (C=O) groups excluding carboxylic acids is 1. The highest BCUT2D eigenvalue weighted by Crippen LogP contribution is 2.41. The van der Waals surface area contributed by atoms with Crippen LogP contribution < -0.4 is 25.3 Å². The molecule has 3 N–H and O–H groups in total. The van der Waals surface area contributed by atoms with Gasteiger partial charge in [-0.15, -0.1) is 0 Å². The van der Waals surface area contributed by atoms with E-state index in [1.165, 1.54) is 0 Å². The quantitative estimate of drug-likeness (QED) is 0.820. The van der Waals surface area contributed by atoms with Crippen LogP contribution in [0.3, 0.4) is 0 Å². The smallest absolute Gasteiger partial charge is 0.222 e. The van der Waals surface area contributed by atoms with E-state index in [2.05, 4.69) is 5.32 Å². The largest absolute Gasteiger partial charge is 0.493 e. The molecule has 2 rings (SSSR count). The number of primary amides is 1. The Kier molecular flexibility index (Phi) is 4.34. The Bertz CT molecular complexity index is 479. The minimum atomic E-state index is -0.297. The molecule has 2 atom stereocenters. The van der Waals surface area contributed by atoms with Crippen molar-refractivity contribution in [3.63, 3.8) is 0 Å². The molecule has 0 aliphatic carbocycles. The number of carbonyl (C=O) groups is 1. The van der Waals surface area contributed by atoms with Crippen LogP contribution in [0.15, 0.2) is 12.1 Å². The lowest BCUT2D eigenvalue weighted by molar-refractivity contribution is -0.121. The molecule has 1 amide bonds. The Hall–Kier alpha value is -1.95. The second-order valence-corrected chi connectivity index (χ2v) is 4.73. The summed E-state index contributed by atoms with van der Waals surface area (Å²) >= 11 is 0. The van der Waals surface area contributed by atoms with Gasteiger partial charge in [0.05, 0.1) is 27.2 Å². The van der Waals surface area contributed by atoms with Gasteiger partial charge in [0.25, 0.3) is 0 Å². The summed E-state index contributed by atoms with van der Waals surface area (Å²) in [6.45, 7) is 1.29. The van der Waals surface area contributed by atoms with Crippen molar-refractivity contribution in [1.29, 1.82) is 0 Å². The predicted molar refractivity (Wildman–Crippen MR) is 74.4 cm³/mol. The molecule has 6 nitrogen and oxygen atoms in total. The molecule has 0 aromatic heterocycles. The van der Waals surface area contributed by atoms with Gasteiger partial charge in [0.15, 0.2) is 11.5 Å². The second-order valence-electron chi connectivity index (χ2n) is 4.73. The van der Waals surface area contributed by atoms with Crippen molar-refractivity contribution in [2.24, 2.45) is 11.7 Å². The summed E-state index contributed by atoms with van der Waals surface area (Å²) in [4.78, 5) is 11.5. The summed E-state index contributed by atoms with van der Waals surface area (Å²) in [5.41, 5.74) is 6.41. The van der Waals surface area contributed by atoms with Gasteiger partial charge in [-0.1, -0.05) is 0 Å². The summed E-state index contributed by atoms with van der Waals surface area (Å²) < 4.78 is 16.0. The Morgan fingerprint density at radius 2 is 1.75 bits per heavy atom. The molecule has 1 saturated heterocycles. The number of nitrogens with two attached hydrogens (primary N) is 1. The Morgan fingerprint density at radius 3 is 2.20 bits per heavy atom. The highest BCUT2D eigenvalue weighted by molar-refractivity contribution is 5.78. The molecular weight excluding hydrogens is 260 g/mol. The Labute approximate surface area is 118 Å². The molecule has 0 radical (unpaired) electrons. The van der Waals surface area contributed by atoms with Crippen LogP contribution in [0.25, 0.3) is 0 Å². The molecule has 0 bridgehead atoms. The van der Waals surface area contributed by atoms with Gasteiger partial charge in [-0.3, -0.25) is 4.79 Å². The number of hydrogen-bond acceptors (Lipinski definition) is 5. The van der Waals surface area contributed by atoms with Gasteiger partial charge < -0.3 is 25.3 Å². The van der Waals surface area contributed by atoms with Gasteiger partial charge in [-0.2, -0.15) is 0 Å². The molecule has 1 aromatic rings. The first-order valence-electron chi connectivity index (χ1n) is 6.42. The lowest BCUT2D eigenvalue weighted by Crippen LogP contribution is -2.28. The zero-order chi connectivity index (χ0) is 14.7. The first-order chi connectivity index (χ1) is 9.62. The number of nitrogens with one attached hydrogen (secondary N) is 1. The molecule has 20 heavy (non-hydrogen) atoms. The monoisotopic (exact) mass is 280 g/mol. The number of rotatable bonds is 5. The van der Waals surface area contributed by atoms with Crippen LogP contribution in [0.4, 0.5) is 0 Å². The maximum absolute atomic E-state index is 11.5. The van der Waals surface area contributed by atoms with E-state index >= 15 is 0 Å². The lowest BCUT2D eigenvalue weighted by atomic mass is 9.88. The van der Waals surface area contributed by atoms with Gasteiger partial charge in [-0.05, 0) is 17.7 Å². The first kappa shape index (κ1) is 14.5. The molecule has 0 spiro atoms. The van der Waals surface area contributed by atoms with Crippen molar-refractivity contribution in [2.45, 2.75) is 5.92 Å². The van der Waals surface area contributed by atoms with E-state index in [4.69, 9.17) is 19.9 Å². The van der Waals surface area contributed by atoms with Crippen molar-refractivity contribution >= 4 is 5.91 Å². The summed E-state index contributed by atoms with van der Waals surface area (Å²) in [5, 5.41) is 3.19. The molecule has 6 heteroatoms. The fourth-order valence-electron chi connectivity index (χ4n) is 2.64. The minimum absolute atomic E-state index is 0.0150. The fraction of sp³-hybridized carbons (Fsp3) is 0.500. The van der Waals surface area contributed by atoms with E-state index < -0.39 is 0 Å². The van der Waals surface area contributed by atoms with Crippen LogP contribution in [-0.2, 0) is 4.79 Å². The van der Waals surface area contributed by atoms with E-state index in [9.17, 15) is 4.79 Å². The third-order valence-electron chi connectivity index (χ3n) is 3.69. The molecule has 1 aliphatic rings. The molecule has 1 fully saturated rings.